The van der Waals surface area contributed by atoms with Gasteiger partial charge in [0.15, 0.2) is 11.5 Å². The van der Waals surface area contributed by atoms with Gasteiger partial charge in [-0.3, -0.25) is 4.79 Å². The number of methoxy groups -OCH3 is 1. The Balaban J connectivity index is 1.57. The Kier molecular flexibility index (Phi) is 7.07. The number of rotatable bonds is 7. The molecule has 0 aliphatic carbocycles. The van der Waals surface area contributed by atoms with Crippen molar-refractivity contribution in [3.63, 3.8) is 0 Å². The molecule has 1 aliphatic rings. The molecule has 0 radical (unpaired) electrons. The van der Waals surface area contributed by atoms with Crippen molar-refractivity contribution in [2.75, 3.05) is 17.7 Å². The van der Waals surface area contributed by atoms with Crippen molar-refractivity contribution in [2.45, 2.75) is 33.4 Å². The first-order chi connectivity index (χ1) is 18.4. The van der Waals surface area contributed by atoms with Gasteiger partial charge in [0.25, 0.3) is 5.91 Å². The summed E-state index contributed by atoms with van der Waals surface area (Å²) >= 11 is 6.05. The van der Waals surface area contributed by atoms with E-state index >= 15 is 0 Å². The first-order valence-corrected chi connectivity index (χ1v) is 12.5. The Bertz CT molecular complexity index is 1530. The van der Waals surface area contributed by atoms with Gasteiger partial charge in [-0.25, -0.2) is 4.68 Å². The maximum absolute atomic E-state index is 13.9. The van der Waals surface area contributed by atoms with Crippen LogP contribution < -0.4 is 20.1 Å². The summed E-state index contributed by atoms with van der Waals surface area (Å²) in [6, 6.07) is 18.4. The van der Waals surface area contributed by atoms with Gasteiger partial charge in [-0.2, -0.15) is 10.1 Å². The van der Waals surface area contributed by atoms with Crippen LogP contribution >= 0.6 is 11.6 Å². The van der Waals surface area contributed by atoms with Gasteiger partial charge < -0.3 is 20.1 Å². The molecule has 38 heavy (non-hydrogen) atoms. The first kappa shape index (κ1) is 25.4. The summed E-state index contributed by atoms with van der Waals surface area (Å²) in [6.07, 6.45) is 1.46. The minimum absolute atomic E-state index is 0.250. The van der Waals surface area contributed by atoms with Crippen LogP contribution in [0.1, 0.15) is 35.2 Å². The van der Waals surface area contributed by atoms with Gasteiger partial charge in [0.2, 0.25) is 5.95 Å². The zero-order chi connectivity index (χ0) is 26.8. The lowest BCUT2D eigenvalue weighted by molar-refractivity contribution is -0.113. The number of hydrogen-bond acceptors (Lipinski definition) is 6. The van der Waals surface area contributed by atoms with E-state index in [1.807, 2.05) is 81.4 Å². The molecule has 1 amide bonds. The van der Waals surface area contributed by atoms with Crippen LogP contribution in [0.25, 0.3) is 0 Å². The topological polar surface area (TPSA) is 90.3 Å². The Morgan fingerprint density at radius 1 is 1.11 bits per heavy atom. The number of carbonyl (C=O) groups excluding carboxylic acids is 1. The second-order valence-electron chi connectivity index (χ2n) is 9.16. The summed E-state index contributed by atoms with van der Waals surface area (Å²) in [4.78, 5) is 18.2. The number of nitrogens with zero attached hydrogens (tertiary/aromatic N) is 3. The number of aryl methyl sites for hydroxylation is 2. The van der Waals surface area contributed by atoms with Crippen molar-refractivity contribution in [3.8, 4) is 11.5 Å². The molecule has 0 saturated carbocycles. The molecule has 4 aromatic rings. The second-order valence-corrected chi connectivity index (χ2v) is 9.60. The van der Waals surface area contributed by atoms with Gasteiger partial charge in [-0.15, -0.1) is 0 Å². The molecule has 2 heterocycles. The molecule has 2 N–H and O–H groups in total. The van der Waals surface area contributed by atoms with Crippen LogP contribution in [-0.4, -0.2) is 27.8 Å². The van der Waals surface area contributed by atoms with E-state index < -0.39 is 6.04 Å². The minimum Gasteiger partial charge on any atom is -0.493 e. The zero-order valence-corrected chi connectivity index (χ0v) is 22.3. The van der Waals surface area contributed by atoms with Crippen LogP contribution in [0.2, 0.25) is 5.02 Å². The summed E-state index contributed by atoms with van der Waals surface area (Å²) in [5, 5.41) is 11.4. The molecule has 0 fully saturated rings. The minimum atomic E-state index is -0.616. The van der Waals surface area contributed by atoms with Gasteiger partial charge >= 0.3 is 0 Å². The van der Waals surface area contributed by atoms with Gasteiger partial charge in [0.05, 0.1) is 12.7 Å². The van der Waals surface area contributed by atoms with Gasteiger partial charge in [0, 0.05) is 22.0 Å². The van der Waals surface area contributed by atoms with Crippen molar-refractivity contribution >= 4 is 29.1 Å². The van der Waals surface area contributed by atoms with Gasteiger partial charge in [-0.1, -0.05) is 53.6 Å². The molecule has 1 aliphatic heterocycles. The summed E-state index contributed by atoms with van der Waals surface area (Å²) < 4.78 is 13.7. The van der Waals surface area contributed by atoms with E-state index in [-0.39, 0.29) is 12.5 Å². The standard InChI is InChI=1S/C29H28ClN5O3/c1-17-8-13-23(18(2)14-17)34-28(36)25-19(3)33-29-31-16-32-35(29)26(25)22-6-5-7-24(37-4)27(22)38-15-20-9-11-21(30)12-10-20/h5-14,16,26H,15H2,1-4H3,(H,34,36)(H,31,32,33)/t26-/m0/s1. The highest BCUT2D eigenvalue weighted by molar-refractivity contribution is 6.30. The van der Waals surface area contributed by atoms with Crippen molar-refractivity contribution in [1.82, 2.24) is 14.8 Å². The number of amides is 1. The Hall–Kier alpha value is -4.30. The lowest BCUT2D eigenvalue weighted by Crippen LogP contribution is -2.32. The third kappa shape index (κ3) is 4.95. The number of para-hydroxylation sites is 1. The average molecular weight is 530 g/mol. The molecule has 1 atom stereocenters. The van der Waals surface area contributed by atoms with Crippen LogP contribution in [0.5, 0.6) is 11.5 Å². The third-order valence-corrected chi connectivity index (χ3v) is 6.74. The van der Waals surface area contributed by atoms with Gasteiger partial charge in [0.1, 0.15) is 19.0 Å². The number of fused-ring (bicyclic) bond motifs is 1. The normalized spacial score (nSPS) is 14.5. The van der Waals surface area contributed by atoms with Gasteiger partial charge in [-0.05, 0) is 56.2 Å². The van der Waals surface area contributed by atoms with E-state index in [2.05, 4.69) is 20.7 Å². The predicted octanol–water partition coefficient (Wildman–Crippen LogP) is 6.06. The highest BCUT2D eigenvalue weighted by Gasteiger charge is 2.36. The number of ether oxygens (including phenoxy) is 2. The SMILES string of the molecule is COc1cccc([C@H]2C(C(=O)Nc3ccc(C)cc3C)=C(C)Nc3ncnn32)c1OCc1ccc(Cl)cc1. The van der Waals surface area contributed by atoms with Crippen molar-refractivity contribution in [2.24, 2.45) is 0 Å². The van der Waals surface area contributed by atoms with Crippen molar-refractivity contribution in [3.05, 3.63) is 106 Å². The number of halogens is 1. The lowest BCUT2D eigenvalue weighted by Gasteiger charge is -2.30. The summed E-state index contributed by atoms with van der Waals surface area (Å²) in [5.41, 5.74) is 5.67. The van der Waals surface area contributed by atoms with E-state index in [1.165, 1.54) is 6.33 Å². The molecule has 0 saturated heterocycles. The van der Waals surface area contributed by atoms with E-state index in [0.29, 0.717) is 33.7 Å². The summed E-state index contributed by atoms with van der Waals surface area (Å²) in [7, 11) is 1.59. The average Bonchev–Trinajstić information content (AvgIpc) is 3.37. The number of carbonyl (C=O) groups is 1. The Morgan fingerprint density at radius 3 is 2.63 bits per heavy atom. The molecule has 5 rings (SSSR count). The molecule has 9 heteroatoms. The maximum Gasteiger partial charge on any atom is 0.255 e. The highest BCUT2D eigenvalue weighted by atomic mass is 35.5. The fraction of sp³-hybridized carbons (Fsp3) is 0.207. The maximum atomic E-state index is 13.9. The predicted molar refractivity (Wildman–Crippen MR) is 148 cm³/mol. The molecular formula is C29H28ClN5O3. The Labute approximate surface area is 226 Å². The van der Waals surface area contributed by atoms with E-state index in [9.17, 15) is 4.79 Å². The molecule has 1 aromatic heterocycles. The molecular weight excluding hydrogens is 502 g/mol. The van der Waals surface area contributed by atoms with Crippen LogP contribution in [0.3, 0.4) is 0 Å². The number of anilines is 2. The summed E-state index contributed by atoms with van der Waals surface area (Å²) in [6.45, 7) is 6.14. The van der Waals surface area contributed by atoms with Crippen LogP contribution in [-0.2, 0) is 11.4 Å². The quantitative estimate of drug-likeness (QED) is 0.302. The monoisotopic (exact) mass is 529 g/mol. The number of aromatic nitrogens is 3. The van der Waals surface area contributed by atoms with Crippen molar-refractivity contribution < 1.29 is 14.3 Å². The Morgan fingerprint density at radius 2 is 1.89 bits per heavy atom. The fourth-order valence-corrected chi connectivity index (χ4v) is 4.74. The van der Waals surface area contributed by atoms with E-state index in [0.717, 1.165) is 27.9 Å². The smallest absolute Gasteiger partial charge is 0.255 e. The number of benzene rings is 3. The second kappa shape index (κ2) is 10.6. The molecule has 0 unspecified atom stereocenters. The number of hydrogen-bond donors (Lipinski definition) is 2. The molecule has 194 valence electrons. The van der Waals surface area contributed by atoms with Crippen LogP contribution in [0, 0.1) is 13.8 Å². The lowest BCUT2D eigenvalue weighted by atomic mass is 9.93. The third-order valence-electron chi connectivity index (χ3n) is 6.49. The van der Waals surface area contributed by atoms with Crippen molar-refractivity contribution in [1.29, 1.82) is 0 Å². The molecule has 0 bridgehead atoms. The summed E-state index contributed by atoms with van der Waals surface area (Å²) in [5.74, 6) is 1.34. The van der Waals surface area contributed by atoms with Crippen LogP contribution in [0.4, 0.5) is 11.6 Å². The largest absolute Gasteiger partial charge is 0.493 e. The molecule has 0 spiro atoms. The highest BCUT2D eigenvalue weighted by Crippen LogP contribution is 2.43. The molecule has 8 nitrogen and oxygen atoms in total. The fourth-order valence-electron chi connectivity index (χ4n) is 4.62. The number of allylic oxidation sites excluding steroid dienone is 1. The molecule has 3 aromatic carbocycles. The number of nitrogens with one attached hydrogen (secondary N) is 2. The van der Waals surface area contributed by atoms with E-state index in [1.54, 1.807) is 11.8 Å². The first-order valence-electron chi connectivity index (χ1n) is 12.2. The van der Waals surface area contributed by atoms with Crippen LogP contribution in [0.15, 0.2) is 78.3 Å². The van der Waals surface area contributed by atoms with E-state index in [4.69, 9.17) is 21.1 Å². The zero-order valence-electron chi connectivity index (χ0n) is 21.6.